The van der Waals surface area contributed by atoms with Crippen molar-refractivity contribution in [3.05, 3.63) is 23.8 Å². The molecule has 0 amide bonds. The molecule has 2 aromatic rings. The number of carbonyl (C=O) groups is 1. The standard InChI is InChI=1S/C12H13N3O2S/c16-12(17)9-4-1-5-10-11(9)13-14-15(10)7-8-3-2-6-18-8/h1,4-5,8H,2-3,6-7H2,(H,16,17). The van der Waals surface area contributed by atoms with Crippen LogP contribution in [0.25, 0.3) is 11.0 Å². The van der Waals surface area contributed by atoms with Crippen molar-refractivity contribution in [3.8, 4) is 0 Å². The molecule has 0 saturated carbocycles. The Morgan fingerprint density at radius 3 is 3.17 bits per heavy atom. The molecule has 1 N–H and O–H groups in total. The first-order valence-corrected chi connectivity index (χ1v) is 6.97. The van der Waals surface area contributed by atoms with Crippen LogP contribution >= 0.6 is 11.8 Å². The van der Waals surface area contributed by atoms with E-state index in [0.29, 0.717) is 10.8 Å². The lowest BCUT2D eigenvalue weighted by molar-refractivity contribution is 0.0699. The topological polar surface area (TPSA) is 68.0 Å². The van der Waals surface area contributed by atoms with Crippen LogP contribution in [0, 0.1) is 0 Å². The third-order valence-corrected chi connectivity index (χ3v) is 4.56. The highest BCUT2D eigenvalue weighted by Gasteiger charge is 2.19. The predicted molar refractivity (Wildman–Crippen MR) is 70.0 cm³/mol. The first-order valence-electron chi connectivity index (χ1n) is 5.93. The largest absolute Gasteiger partial charge is 0.478 e. The van der Waals surface area contributed by atoms with Crippen molar-refractivity contribution in [1.29, 1.82) is 0 Å². The van der Waals surface area contributed by atoms with Crippen LogP contribution in [0.4, 0.5) is 0 Å². The maximum Gasteiger partial charge on any atom is 0.338 e. The SMILES string of the molecule is O=C(O)c1cccc2c1nnn2CC1CCCS1. The minimum Gasteiger partial charge on any atom is -0.478 e. The number of hydrogen-bond donors (Lipinski definition) is 1. The third kappa shape index (κ3) is 1.96. The Kier molecular flexibility index (Phi) is 2.95. The zero-order valence-corrected chi connectivity index (χ0v) is 10.6. The van der Waals surface area contributed by atoms with E-state index in [4.69, 9.17) is 5.11 Å². The monoisotopic (exact) mass is 263 g/mol. The lowest BCUT2D eigenvalue weighted by Crippen LogP contribution is -2.11. The Labute approximate surface area is 108 Å². The van der Waals surface area contributed by atoms with Crippen LogP contribution < -0.4 is 0 Å². The molecule has 0 radical (unpaired) electrons. The van der Waals surface area contributed by atoms with Gasteiger partial charge in [-0.15, -0.1) is 5.10 Å². The van der Waals surface area contributed by atoms with E-state index in [9.17, 15) is 4.79 Å². The van der Waals surface area contributed by atoms with E-state index in [1.54, 1.807) is 12.1 Å². The Balaban J connectivity index is 1.98. The summed E-state index contributed by atoms with van der Waals surface area (Å²) < 4.78 is 1.82. The average Bonchev–Trinajstić information content (AvgIpc) is 2.99. The van der Waals surface area contributed by atoms with E-state index >= 15 is 0 Å². The van der Waals surface area contributed by atoms with E-state index in [0.717, 1.165) is 12.1 Å². The van der Waals surface area contributed by atoms with Crippen molar-refractivity contribution < 1.29 is 9.90 Å². The lowest BCUT2D eigenvalue weighted by atomic mass is 10.2. The number of benzene rings is 1. The van der Waals surface area contributed by atoms with Crippen LogP contribution in [0.1, 0.15) is 23.2 Å². The Hall–Kier alpha value is -1.56. The molecule has 94 valence electrons. The van der Waals surface area contributed by atoms with E-state index in [1.807, 2.05) is 22.5 Å². The zero-order valence-electron chi connectivity index (χ0n) is 9.74. The van der Waals surface area contributed by atoms with Gasteiger partial charge in [-0.3, -0.25) is 0 Å². The summed E-state index contributed by atoms with van der Waals surface area (Å²) in [4.78, 5) is 11.1. The van der Waals surface area contributed by atoms with Crippen LogP contribution in [-0.2, 0) is 6.54 Å². The van der Waals surface area contributed by atoms with Gasteiger partial charge < -0.3 is 5.11 Å². The normalized spacial score (nSPS) is 19.4. The highest BCUT2D eigenvalue weighted by molar-refractivity contribution is 8.00. The van der Waals surface area contributed by atoms with Gasteiger partial charge in [-0.1, -0.05) is 11.3 Å². The minimum atomic E-state index is -0.956. The molecule has 0 spiro atoms. The molecule has 0 aliphatic carbocycles. The number of nitrogens with zero attached hydrogens (tertiary/aromatic N) is 3. The quantitative estimate of drug-likeness (QED) is 0.917. The summed E-state index contributed by atoms with van der Waals surface area (Å²) in [7, 11) is 0. The molecule has 2 heterocycles. The van der Waals surface area contributed by atoms with E-state index in [-0.39, 0.29) is 5.56 Å². The van der Waals surface area contributed by atoms with Crippen molar-refractivity contribution >= 4 is 28.8 Å². The van der Waals surface area contributed by atoms with Crippen molar-refractivity contribution in [1.82, 2.24) is 15.0 Å². The van der Waals surface area contributed by atoms with Gasteiger partial charge in [-0.25, -0.2) is 9.48 Å². The average molecular weight is 263 g/mol. The summed E-state index contributed by atoms with van der Waals surface area (Å²) in [5.74, 6) is 0.250. The summed E-state index contributed by atoms with van der Waals surface area (Å²) in [5, 5.41) is 17.8. The first kappa shape index (κ1) is 11.5. The molecular weight excluding hydrogens is 250 g/mol. The molecule has 1 aliphatic rings. The van der Waals surface area contributed by atoms with Gasteiger partial charge in [0.05, 0.1) is 17.6 Å². The second-order valence-electron chi connectivity index (χ2n) is 4.39. The van der Waals surface area contributed by atoms with Gasteiger partial charge in [0.2, 0.25) is 0 Å². The van der Waals surface area contributed by atoms with Crippen molar-refractivity contribution in [3.63, 3.8) is 0 Å². The van der Waals surface area contributed by atoms with E-state index < -0.39 is 5.97 Å². The number of thioether (sulfide) groups is 1. The van der Waals surface area contributed by atoms with E-state index in [2.05, 4.69) is 10.3 Å². The van der Waals surface area contributed by atoms with Gasteiger partial charge in [0.1, 0.15) is 5.52 Å². The molecule has 1 aliphatic heterocycles. The Morgan fingerprint density at radius 1 is 1.56 bits per heavy atom. The van der Waals surface area contributed by atoms with Crippen LogP contribution in [-0.4, -0.2) is 37.1 Å². The zero-order chi connectivity index (χ0) is 12.5. The van der Waals surface area contributed by atoms with Gasteiger partial charge in [0.25, 0.3) is 0 Å². The predicted octanol–water partition coefficient (Wildman–Crippen LogP) is 2.03. The molecule has 1 unspecified atom stereocenters. The molecule has 3 rings (SSSR count). The second kappa shape index (κ2) is 4.61. The lowest BCUT2D eigenvalue weighted by Gasteiger charge is -2.08. The fraction of sp³-hybridized carbons (Fsp3) is 0.417. The summed E-state index contributed by atoms with van der Waals surface area (Å²) in [6.07, 6.45) is 2.45. The summed E-state index contributed by atoms with van der Waals surface area (Å²) in [6.45, 7) is 0.810. The summed E-state index contributed by atoms with van der Waals surface area (Å²) in [6, 6.07) is 5.18. The molecule has 1 aromatic heterocycles. The van der Waals surface area contributed by atoms with Gasteiger partial charge >= 0.3 is 5.97 Å². The Morgan fingerprint density at radius 2 is 2.44 bits per heavy atom. The van der Waals surface area contributed by atoms with E-state index in [1.165, 1.54) is 18.6 Å². The number of rotatable bonds is 3. The third-order valence-electron chi connectivity index (χ3n) is 3.18. The first-order chi connectivity index (χ1) is 8.75. The second-order valence-corrected chi connectivity index (χ2v) is 5.79. The molecular formula is C12H13N3O2S. The molecule has 1 atom stereocenters. The van der Waals surface area contributed by atoms with Crippen LogP contribution in [0.3, 0.4) is 0 Å². The molecule has 1 fully saturated rings. The summed E-state index contributed by atoms with van der Waals surface area (Å²) in [5.41, 5.74) is 1.51. The number of carboxylic acids is 1. The highest BCUT2D eigenvalue weighted by atomic mass is 32.2. The maximum atomic E-state index is 11.1. The van der Waals surface area contributed by atoms with Crippen molar-refractivity contribution in [2.24, 2.45) is 0 Å². The van der Waals surface area contributed by atoms with Gasteiger partial charge in [-0.2, -0.15) is 11.8 Å². The molecule has 0 bridgehead atoms. The van der Waals surface area contributed by atoms with Gasteiger partial charge in [0.15, 0.2) is 0 Å². The molecule has 5 nitrogen and oxygen atoms in total. The van der Waals surface area contributed by atoms with Crippen molar-refractivity contribution in [2.45, 2.75) is 24.6 Å². The number of aromatic carboxylic acids is 1. The van der Waals surface area contributed by atoms with Gasteiger partial charge in [-0.05, 0) is 30.7 Å². The highest BCUT2D eigenvalue weighted by Crippen LogP contribution is 2.28. The van der Waals surface area contributed by atoms with Gasteiger partial charge in [0, 0.05) is 5.25 Å². The molecule has 18 heavy (non-hydrogen) atoms. The number of fused-ring (bicyclic) bond motifs is 1. The van der Waals surface area contributed by atoms with Crippen molar-refractivity contribution in [2.75, 3.05) is 5.75 Å². The molecule has 1 aromatic carbocycles. The fourth-order valence-corrected chi connectivity index (χ4v) is 3.53. The number of aromatic nitrogens is 3. The fourth-order valence-electron chi connectivity index (χ4n) is 2.28. The summed E-state index contributed by atoms with van der Waals surface area (Å²) >= 11 is 1.95. The smallest absolute Gasteiger partial charge is 0.338 e. The molecule has 6 heteroatoms. The molecule has 1 saturated heterocycles. The van der Waals surface area contributed by atoms with Crippen LogP contribution in [0.5, 0.6) is 0 Å². The number of carboxylic acid groups (broad SMARTS) is 1. The number of hydrogen-bond acceptors (Lipinski definition) is 4. The van der Waals surface area contributed by atoms with Crippen LogP contribution in [0.15, 0.2) is 18.2 Å². The minimum absolute atomic E-state index is 0.220. The Bertz CT molecular complexity index is 590. The maximum absolute atomic E-state index is 11.1. The van der Waals surface area contributed by atoms with Crippen LogP contribution in [0.2, 0.25) is 0 Å².